The minimum Gasteiger partial charge on any atom is -0.481 e. The van der Waals surface area contributed by atoms with E-state index >= 15 is 0 Å². The first-order valence-electron chi connectivity index (χ1n) is 7.09. The predicted octanol–water partition coefficient (Wildman–Crippen LogP) is 3.00. The number of unbranched alkanes of at least 4 members (excludes halogenated alkanes) is 1. The van der Waals surface area contributed by atoms with Crippen LogP contribution in [0.5, 0.6) is 0 Å². The minimum atomic E-state index is -0.644. The van der Waals surface area contributed by atoms with Gasteiger partial charge in [-0.05, 0) is 31.2 Å². The zero-order valence-corrected chi connectivity index (χ0v) is 11.3. The van der Waals surface area contributed by atoms with Crippen LogP contribution in [0.1, 0.15) is 52.4 Å². The van der Waals surface area contributed by atoms with Crippen molar-refractivity contribution in [3.8, 4) is 0 Å². The van der Waals surface area contributed by atoms with Crippen LogP contribution in [0.15, 0.2) is 0 Å². The van der Waals surface area contributed by atoms with Crippen molar-refractivity contribution in [2.45, 2.75) is 52.4 Å². The molecule has 1 aliphatic heterocycles. The molecule has 0 aromatic carbocycles. The summed E-state index contributed by atoms with van der Waals surface area (Å²) in [5, 5.41) is 8.79. The van der Waals surface area contributed by atoms with Crippen molar-refractivity contribution in [1.29, 1.82) is 0 Å². The number of carboxylic acid groups (broad SMARTS) is 1. The highest BCUT2D eigenvalue weighted by molar-refractivity contribution is 5.67. The highest BCUT2D eigenvalue weighted by Gasteiger charge is 2.25. The van der Waals surface area contributed by atoms with Crippen molar-refractivity contribution in [2.75, 3.05) is 19.6 Å². The molecule has 0 radical (unpaired) electrons. The van der Waals surface area contributed by atoms with Gasteiger partial charge in [-0.2, -0.15) is 0 Å². The summed E-state index contributed by atoms with van der Waals surface area (Å²) < 4.78 is 0. The molecule has 0 aromatic heterocycles. The predicted molar refractivity (Wildman–Crippen MR) is 70.1 cm³/mol. The van der Waals surface area contributed by atoms with Gasteiger partial charge in [0.25, 0.3) is 0 Å². The van der Waals surface area contributed by atoms with Crippen LogP contribution in [-0.4, -0.2) is 35.6 Å². The lowest BCUT2D eigenvalue weighted by atomic mass is 9.99. The minimum absolute atomic E-state index is 0.349. The van der Waals surface area contributed by atoms with Gasteiger partial charge in [-0.25, -0.2) is 0 Å². The number of carbonyl (C=O) groups is 1. The molecule has 0 aliphatic carbocycles. The molecule has 0 amide bonds. The third-order valence-corrected chi connectivity index (χ3v) is 3.89. The number of likely N-dealkylation sites (tertiary alicyclic amines) is 1. The van der Waals surface area contributed by atoms with Gasteiger partial charge in [-0.1, -0.05) is 33.1 Å². The summed E-state index contributed by atoms with van der Waals surface area (Å²) in [7, 11) is 0. The molecule has 1 heterocycles. The summed E-state index contributed by atoms with van der Waals surface area (Å²) in [5.41, 5.74) is 0. The Morgan fingerprint density at radius 2 is 2.24 bits per heavy atom. The molecule has 3 heteroatoms. The van der Waals surface area contributed by atoms with E-state index in [0.717, 1.165) is 25.4 Å². The van der Waals surface area contributed by atoms with Gasteiger partial charge in [0.1, 0.15) is 0 Å². The van der Waals surface area contributed by atoms with E-state index in [-0.39, 0.29) is 0 Å². The average Bonchev–Trinajstić information content (AvgIpc) is 2.70. The first-order valence-corrected chi connectivity index (χ1v) is 7.09. The second kappa shape index (κ2) is 7.70. The Balaban J connectivity index is 2.25. The van der Waals surface area contributed by atoms with Crippen LogP contribution in [0, 0.1) is 11.8 Å². The first kappa shape index (κ1) is 14.5. The van der Waals surface area contributed by atoms with E-state index in [9.17, 15) is 4.79 Å². The maximum absolute atomic E-state index is 10.7. The van der Waals surface area contributed by atoms with Crippen molar-refractivity contribution >= 4 is 5.97 Å². The Hall–Kier alpha value is -0.570. The van der Waals surface area contributed by atoms with Gasteiger partial charge in [0.15, 0.2) is 0 Å². The molecule has 100 valence electrons. The molecule has 17 heavy (non-hydrogen) atoms. The topological polar surface area (TPSA) is 40.5 Å². The van der Waals surface area contributed by atoms with Crippen LogP contribution in [0.25, 0.3) is 0 Å². The monoisotopic (exact) mass is 241 g/mol. The Labute approximate surface area is 105 Å². The number of hydrogen-bond donors (Lipinski definition) is 1. The number of nitrogens with zero attached hydrogens (tertiary/aromatic N) is 1. The Morgan fingerprint density at radius 3 is 2.82 bits per heavy atom. The van der Waals surface area contributed by atoms with Gasteiger partial charge >= 0.3 is 5.97 Å². The lowest BCUT2D eigenvalue weighted by Gasteiger charge is -2.22. The third kappa shape index (κ3) is 5.53. The van der Waals surface area contributed by atoms with E-state index in [1.54, 1.807) is 0 Å². The second-order valence-electron chi connectivity index (χ2n) is 5.43. The second-order valence-corrected chi connectivity index (χ2v) is 5.43. The summed E-state index contributed by atoms with van der Waals surface area (Å²) in [5.74, 6) is 0.546. The van der Waals surface area contributed by atoms with Gasteiger partial charge in [0, 0.05) is 19.5 Å². The average molecular weight is 241 g/mol. The number of aliphatic carboxylic acids is 1. The molecule has 1 saturated heterocycles. The van der Waals surface area contributed by atoms with Gasteiger partial charge in [0.2, 0.25) is 0 Å². The van der Waals surface area contributed by atoms with Crippen molar-refractivity contribution in [2.24, 2.45) is 11.8 Å². The lowest BCUT2D eigenvalue weighted by Crippen LogP contribution is -2.27. The van der Waals surface area contributed by atoms with Crippen molar-refractivity contribution < 1.29 is 9.90 Å². The molecule has 2 unspecified atom stereocenters. The molecule has 1 aliphatic rings. The number of carboxylic acids is 1. The maximum atomic E-state index is 10.7. The fraction of sp³-hybridized carbons (Fsp3) is 0.929. The van der Waals surface area contributed by atoms with Gasteiger partial charge in [-0.3, -0.25) is 4.79 Å². The quantitative estimate of drug-likeness (QED) is 0.710. The van der Waals surface area contributed by atoms with Crippen LogP contribution in [0.2, 0.25) is 0 Å². The van der Waals surface area contributed by atoms with Gasteiger partial charge in [-0.15, -0.1) is 0 Å². The summed E-state index contributed by atoms with van der Waals surface area (Å²) >= 11 is 0. The molecule has 1 N–H and O–H groups in total. The van der Waals surface area contributed by atoms with Crippen LogP contribution in [0.3, 0.4) is 0 Å². The smallest absolute Gasteiger partial charge is 0.303 e. The summed E-state index contributed by atoms with van der Waals surface area (Å²) in [6.45, 7) is 7.78. The lowest BCUT2D eigenvalue weighted by molar-refractivity contribution is -0.138. The Kier molecular flexibility index (Phi) is 6.56. The van der Waals surface area contributed by atoms with Gasteiger partial charge in [0.05, 0.1) is 0 Å². The van der Waals surface area contributed by atoms with Crippen LogP contribution >= 0.6 is 0 Å². The van der Waals surface area contributed by atoms with E-state index in [1.807, 2.05) is 0 Å². The fourth-order valence-corrected chi connectivity index (χ4v) is 2.77. The standard InChI is InChI=1S/C14H27NO2/c1-3-5-6-12(4-2)10-15-8-7-13(11-15)9-14(16)17/h12-13H,3-11H2,1-2H3,(H,16,17). The van der Waals surface area contributed by atoms with E-state index in [4.69, 9.17) is 5.11 Å². The largest absolute Gasteiger partial charge is 0.481 e. The van der Waals surface area contributed by atoms with Crippen LogP contribution < -0.4 is 0 Å². The van der Waals surface area contributed by atoms with E-state index in [1.165, 1.54) is 32.2 Å². The molecule has 0 saturated carbocycles. The van der Waals surface area contributed by atoms with Gasteiger partial charge < -0.3 is 10.0 Å². The van der Waals surface area contributed by atoms with E-state index < -0.39 is 5.97 Å². The molecular weight excluding hydrogens is 214 g/mol. The van der Waals surface area contributed by atoms with Crippen LogP contribution in [0.4, 0.5) is 0 Å². The third-order valence-electron chi connectivity index (χ3n) is 3.89. The summed E-state index contributed by atoms with van der Waals surface area (Å²) in [6.07, 6.45) is 6.59. The summed E-state index contributed by atoms with van der Waals surface area (Å²) in [4.78, 5) is 13.1. The Morgan fingerprint density at radius 1 is 1.47 bits per heavy atom. The van der Waals surface area contributed by atoms with Crippen molar-refractivity contribution in [1.82, 2.24) is 4.90 Å². The molecule has 1 rings (SSSR count). The zero-order valence-electron chi connectivity index (χ0n) is 11.3. The molecule has 2 atom stereocenters. The van der Waals surface area contributed by atoms with Crippen molar-refractivity contribution in [3.63, 3.8) is 0 Å². The van der Waals surface area contributed by atoms with Crippen molar-refractivity contribution in [3.05, 3.63) is 0 Å². The fourth-order valence-electron chi connectivity index (χ4n) is 2.77. The normalized spacial score (nSPS) is 22.8. The molecule has 0 spiro atoms. The summed E-state index contributed by atoms with van der Waals surface area (Å²) in [6, 6.07) is 0. The first-order chi connectivity index (χ1) is 8.15. The number of rotatable bonds is 8. The molecule has 3 nitrogen and oxygen atoms in total. The zero-order chi connectivity index (χ0) is 12.7. The van der Waals surface area contributed by atoms with Crippen LogP contribution in [-0.2, 0) is 4.79 Å². The maximum Gasteiger partial charge on any atom is 0.303 e. The van der Waals surface area contributed by atoms with E-state index in [0.29, 0.717) is 12.3 Å². The molecule has 1 fully saturated rings. The molecule has 0 aromatic rings. The highest BCUT2D eigenvalue weighted by Crippen LogP contribution is 2.22. The molecular formula is C14H27NO2. The highest BCUT2D eigenvalue weighted by atomic mass is 16.4. The number of hydrogen-bond acceptors (Lipinski definition) is 2. The van der Waals surface area contributed by atoms with E-state index in [2.05, 4.69) is 18.7 Å². The molecule has 0 bridgehead atoms. The Bertz CT molecular complexity index is 230. The SMILES string of the molecule is CCCCC(CC)CN1CCC(CC(=O)O)C1.